The number of phosphoric ester groups is 2. The van der Waals surface area contributed by atoms with Crippen LogP contribution in [0.2, 0.25) is 0 Å². The lowest BCUT2D eigenvalue weighted by Crippen LogP contribution is -2.30. The van der Waals surface area contributed by atoms with Gasteiger partial charge in [-0.15, -0.1) is 0 Å². The molecule has 3 N–H and O–H groups in total. The summed E-state index contributed by atoms with van der Waals surface area (Å²) in [4.78, 5) is 72.3. The van der Waals surface area contributed by atoms with Crippen molar-refractivity contribution in [2.45, 2.75) is 337 Å². The van der Waals surface area contributed by atoms with Gasteiger partial charge in [-0.2, -0.15) is 0 Å². The van der Waals surface area contributed by atoms with Crippen molar-refractivity contribution in [3.8, 4) is 0 Å². The Hall–Kier alpha value is -1.94. The molecule has 0 aliphatic carbocycles. The average Bonchev–Trinajstić information content (AvgIpc) is 3.61. The van der Waals surface area contributed by atoms with Gasteiger partial charge in [-0.3, -0.25) is 37.3 Å². The molecule has 0 aromatic heterocycles. The van der Waals surface area contributed by atoms with E-state index in [1.807, 2.05) is 0 Å². The molecule has 19 heteroatoms. The molecule has 0 aliphatic rings. The first-order valence-corrected chi connectivity index (χ1v) is 37.2. The second kappa shape index (κ2) is 56.1. The number of hydrogen-bond acceptors (Lipinski definition) is 15. The molecule has 0 bridgehead atoms. The van der Waals surface area contributed by atoms with Gasteiger partial charge in [0.1, 0.15) is 19.3 Å². The van der Waals surface area contributed by atoms with Crippen LogP contribution in [-0.2, 0) is 65.4 Å². The third-order valence-electron chi connectivity index (χ3n) is 15.1. The van der Waals surface area contributed by atoms with E-state index < -0.39 is 97.5 Å². The van der Waals surface area contributed by atoms with Gasteiger partial charge in [0, 0.05) is 25.7 Å². The lowest BCUT2D eigenvalue weighted by atomic mass is 10.0. The van der Waals surface area contributed by atoms with Crippen molar-refractivity contribution in [2.24, 2.45) is 23.7 Å². The molecule has 0 saturated carbocycles. The van der Waals surface area contributed by atoms with Gasteiger partial charge < -0.3 is 33.8 Å². The standard InChI is InChI=1S/C66H128O17P2/c1-56(2)42-34-26-18-13-11-9-10-12-14-21-30-38-46-63(68)76-52-61(83-66(71)49-41-33-23-17-20-28-36-44-58(5)6)54-80-84(72,73)78-50-60(67)51-79-85(74,75)81-55-62(53-77-64(69)47-39-31-25-24-29-37-45-59(7)8)82-65(70)48-40-32-22-16-15-19-27-35-43-57(3)4/h56-62,67H,9-55H2,1-8H3,(H,72,73)(H,74,75)/t60-,61-,62-/m1/s1. The Morgan fingerprint density at radius 1 is 0.294 bits per heavy atom. The first-order valence-electron chi connectivity index (χ1n) is 34.2. The summed E-state index contributed by atoms with van der Waals surface area (Å²) in [5, 5.41) is 10.5. The number of hydrogen-bond donors (Lipinski definition) is 3. The average molecular weight is 1260 g/mol. The second-order valence-corrected chi connectivity index (χ2v) is 28.7. The van der Waals surface area contributed by atoms with Crippen LogP contribution in [0.1, 0.15) is 319 Å². The molecular weight excluding hydrogens is 1130 g/mol. The third-order valence-corrected chi connectivity index (χ3v) is 17.0. The Kier molecular flexibility index (Phi) is 54.8. The summed E-state index contributed by atoms with van der Waals surface area (Å²) < 4.78 is 68.0. The van der Waals surface area contributed by atoms with E-state index in [0.717, 1.165) is 108 Å². The van der Waals surface area contributed by atoms with Crippen LogP contribution in [0.5, 0.6) is 0 Å². The van der Waals surface area contributed by atoms with Crippen LogP contribution in [0.25, 0.3) is 0 Å². The number of ether oxygens (including phenoxy) is 4. The normalized spacial score (nSPS) is 14.4. The van der Waals surface area contributed by atoms with Crippen molar-refractivity contribution in [1.82, 2.24) is 0 Å². The fourth-order valence-corrected chi connectivity index (χ4v) is 11.4. The number of unbranched alkanes of at least 4 members (excludes halogenated alkanes) is 29. The van der Waals surface area contributed by atoms with E-state index in [4.69, 9.17) is 37.0 Å². The number of rotatable bonds is 63. The SMILES string of the molecule is CC(C)CCCCCCCCCCCCCCC(=O)OC[C@H](COP(=O)(O)OC[C@@H](O)COP(=O)(O)OC[C@@H](COC(=O)CCCCCCCCC(C)C)OC(=O)CCCCCCCCCCC(C)C)OC(=O)CCCCCCCCCC(C)C. The molecule has 0 spiro atoms. The van der Waals surface area contributed by atoms with E-state index in [2.05, 4.69) is 55.4 Å². The third kappa shape index (κ3) is 60.7. The maximum Gasteiger partial charge on any atom is 0.472 e. The van der Waals surface area contributed by atoms with Crippen molar-refractivity contribution in [2.75, 3.05) is 39.6 Å². The smallest absolute Gasteiger partial charge is 0.462 e. The van der Waals surface area contributed by atoms with E-state index in [9.17, 15) is 43.2 Å². The lowest BCUT2D eigenvalue weighted by Gasteiger charge is -2.21. The van der Waals surface area contributed by atoms with Crippen molar-refractivity contribution < 1.29 is 80.2 Å². The van der Waals surface area contributed by atoms with Crippen LogP contribution in [0, 0.1) is 23.7 Å². The number of carbonyl (C=O) groups excluding carboxylic acids is 4. The van der Waals surface area contributed by atoms with E-state index in [-0.39, 0.29) is 25.7 Å². The number of esters is 4. The molecule has 0 amide bonds. The zero-order chi connectivity index (χ0) is 63.2. The molecule has 0 aromatic carbocycles. The molecule has 0 rings (SSSR count). The highest BCUT2D eigenvalue weighted by Gasteiger charge is 2.30. The highest BCUT2D eigenvalue weighted by Crippen LogP contribution is 2.45. The summed E-state index contributed by atoms with van der Waals surface area (Å²) in [7, 11) is -9.89. The minimum atomic E-state index is -4.95. The van der Waals surface area contributed by atoms with Crippen molar-refractivity contribution in [3.05, 3.63) is 0 Å². The summed E-state index contributed by atoms with van der Waals surface area (Å²) in [6, 6.07) is 0. The van der Waals surface area contributed by atoms with Gasteiger partial charge in [0.25, 0.3) is 0 Å². The fraction of sp³-hybridized carbons (Fsp3) is 0.939. The van der Waals surface area contributed by atoms with Crippen LogP contribution in [0.3, 0.4) is 0 Å². The van der Waals surface area contributed by atoms with Gasteiger partial charge in [0.15, 0.2) is 12.2 Å². The molecule has 17 nitrogen and oxygen atoms in total. The Bertz CT molecular complexity index is 1700. The summed E-state index contributed by atoms with van der Waals surface area (Å²) in [5.41, 5.74) is 0. The largest absolute Gasteiger partial charge is 0.472 e. The van der Waals surface area contributed by atoms with E-state index >= 15 is 0 Å². The Labute approximate surface area is 517 Å². The lowest BCUT2D eigenvalue weighted by molar-refractivity contribution is -0.161. The van der Waals surface area contributed by atoms with Crippen LogP contribution >= 0.6 is 15.6 Å². The van der Waals surface area contributed by atoms with Crippen LogP contribution in [0.4, 0.5) is 0 Å². The minimum absolute atomic E-state index is 0.103. The molecule has 0 saturated heterocycles. The Morgan fingerprint density at radius 2 is 0.494 bits per heavy atom. The van der Waals surface area contributed by atoms with Gasteiger partial charge >= 0.3 is 39.5 Å². The molecule has 504 valence electrons. The number of aliphatic hydroxyl groups is 1. The van der Waals surface area contributed by atoms with Gasteiger partial charge in [0.05, 0.1) is 26.4 Å². The molecule has 0 aliphatic heterocycles. The van der Waals surface area contributed by atoms with E-state index in [1.165, 1.54) is 116 Å². The molecule has 5 atom stereocenters. The van der Waals surface area contributed by atoms with Gasteiger partial charge in [-0.05, 0) is 49.4 Å². The zero-order valence-electron chi connectivity index (χ0n) is 55.2. The van der Waals surface area contributed by atoms with Crippen molar-refractivity contribution in [1.29, 1.82) is 0 Å². The summed E-state index contributed by atoms with van der Waals surface area (Å²) >= 11 is 0. The summed E-state index contributed by atoms with van der Waals surface area (Å²) in [6.07, 6.45) is 36.5. The predicted molar refractivity (Wildman–Crippen MR) is 340 cm³/mol. The number of aliphatic hydroxyl groups excluding tert-OH is 1. The maximum atomic E-state index is 13.0. The summed E-state index contributed by atoms with van der Waals surface area (Å²) in [5.74, 6) is 0.735. The van der Waals surface area contributed by atoms with Crippen molar-refractivity contribution >= 4 is 39.5 Å². The zero-order valence-corrected chi connectivity index (χ0v) is 57.0. The number of phosphoric acid groups is 2. The molecule has 0 fully saturated rings. The van der Waals surface area contributed by atoms with E-state index in [0.29, 0.717) is 37.5 Å². The minimum Gasteiger partial charge on any atom is -0.462 e. The predicted octanol–water partition coefficient (Wildman–Crippen LogP) is 18.1. The Balaban J connectivity index is 5.22. The first-order chi connectivity index (χ1) is 40.6. The van der Waals surface area contributed by atoms with Crippen LogP contribution in [0.15, 0.2) is 0 Å². The maximum absolute atomic E-state index is 13.0. The first kappa shape index (κ1) is 83.1. The molecule has 0 radical (unpaired) electrons. The molecule has 2 unspecified atom stereocenters. The Morgan fingerprint density at radius 3 is 0.729 bits per heavy atom. The van der Waals surface area contributed by atoms with Gasteiger partial charge in [0.2, 0.25) is 0 Å². The quantitative estimate of drug-likeness (QED) is 0.0222. The van der Waals surface area contributed by atoms with E-state index in [1.54, 1.807) is 0 Å². The van der Waals surface area contributed by atoms with Crippen LogP contribution < -0.4 is 0 Å². The topological polar surface area (TPSA) is 237 Å². The molecule has 0 heterocycles. The number of carbonyl (C=O) groups is 4. The van der Waals surface area contributed by atoms with Crippen LogP contribution in [-0.4, -0.2) is 96.7 Å². The molecule has 85 heavy (non-hydrogen) atoms. The molecular formula is C66H128O17P2. The highest BCUT2D eigenvalue weighted by atomic mass is 31.2. The van der Waals surface area contributed by atoms with Gasteiger partial charge in [-0.1, -0.05) is 267 Å². The second-order valence-electron chi connectivity index (χ2n) is 25.8. The summed E-state index contributed by atoms with van der Waals surface area (Å²) in [6.45, 7) is 13.9. The van der Waals surface area contributed by atoms with Crippen molar-refractivity contribution in [3.63, 3.8) is 0 Å². The van der Waals surface area contributed by atoms with Gasteiger partial charge in [-0.25, -0.2) is 9.13 Å². The molecule has 0 aromatic rings. The monoisotopic (exact) mass is 1250 g/mol. The fourth-order valence-electron chi connectivity index (χ4n) is 9.78. The highest BCUT2D eigenvalue weighted by molar-refractivity contribution is 7.47.